The molecule has 9 atom stereocenters. The molecule has 2 aliphatic heterocycles. The lowest BCUT2D eigenvalue weighted by Gasteiger charge is -2.28. The van der Waals surface area contributed by atoms with E-state index in [1.54, 1.807) is 81.4 Å². The smallest absolute Gasteiger partial charge is 0.410 e. The Morgan fingerprint density at radius 3 is 1.84 bits per heavy atom. The molecular formula is C47H53FN13O13PS. The number of hydrogen-bond donors (Lipinski definition) is 4. The summed E-state index contributed by atoms with van der Waals surface area (Å²) >= 11 is 5.80. The van der Waals surface area contributed by atoms with Crippen molar-refractivity contribution in [2.75, 3.05) is 64.2 Å². The van der Waals surface area contributed by atoms with Gasteiger partial charge < -0.3 is 63.5 Å². The average Bonchev–Trinajstić information content (AvgIpc) is 4.19. The van der Waals surface area contributed by atoms with Crippen LogP contribution < -0.4 is 10.6 Å². The van der Waals surface area contributed by atoms with Crippen LogP contribution in [0.2, 0.25) is 0 Å². The van der Waals surface area contributed by atoms with Gasteiger partial charge in [0.15, 0.2) is 58.7 Å². The first kappa shape index (κ1) is 55.1. The van der Waals surface area contributed by atoms with Gasteiger partial charge in [0.2, 0.25) is 6.54 Å². The second-order valence-electron chi connectivity index (χ2n) is 18.2. The van der Waals surface area contributed by atoms with Crippen LogP contribution in [0.25, 0.3) is 27.2 Å². The van der Waals surface area contributed by atoms with Gasteiger partial charge in [-0.25, -0.2) is 50.5 Å². The number of nitrogens with zero attached hydrogens (tertiary/aromatic N) is 11. The molecule has 0 spiro atoms. The van der Waals surface area contributed by atoms with Crippen molar-refractivity contribution >= 4 is 76.5 Å². The van der Waals surface area contributed by atoms with E-state index < -0.39 is 98.7 Å². The minimum Gasteiger partial charge on any atom is -0.444 e. The van der Waals surface area contributed by atoms with E-state index in [1.165, 1.54) is 52.0 Å². The van der Waals surface area contributed by atoms with Gasteiger partial charge in [-0.3, -0.25) is 23.2 Å². The number of carbonyl (C=O) groups excluding carboxylic acids is 4. The highest BCUT2D eigenvalue weighted by molar-refractivity contribution is 8.07. The lowest BCUT2D eigenvalue weighted by atomic mass is 10.1. The summed E-state index contributed by atoms with van der Waals surface area (Å²) in [5, 5.41) is 27.9. The van der Waals surface area contributed by atoms with E-state index in [2.05, 4.69) is 45.4 Å². The summed E-state index contributed by atoms with van der Waals surface area (Å²) in [5.41, 5.74) is 0.287. The fraction of sp³-hybridized carbons (Fsp3) is 0.426. The number of carbonyl (C=O) groups is 4. The van der Waals surface area contributed by atoms with E-state index in [1.807, 2.05) is 0 Å². The quantitative estimate of drug-likeness (QED) is 0.0492. The van der Waals surface area contributed by atoms with Gasteiger partial charge in [-0.05, 0) is 56.8 Å². The maximum absolute atomic E-state index is 16.9. The number of rotatable bonds is 19. The number of hydrogen-bond acceptors (Lipinski definition) is 20. The number of ether oxygens (including phenoxy) is 4. The summed E-state index contributed by atoms with van der Waals surface area (Å²) in [4.78, 5) is 84.1. The van der Waals surface area contributed by atoms with Crippen molar-refractivity contribution in [1.29, 1.82) is 0 Å². The molecule has 0 bridgehead atoms. The van der Waals surface area contributed by atoms with Gasteiger partial charge in [0.05, 0.1) is 25.9 Å². The lowest BCUT2D eigenvalue weighted by molar-refractivity contribution is -0.0585. The zero-order valence-corrected chi connectivity index (χ0v) is 43.2. The van der Waals surface area contributed by atoms with Crippen LogP contribution in [-0.4, -0.2) is 179 Å². The Labute approximate surface area is 438 Å². The first-order valence-corrected chi connectivity index (χ1v) is 26.0. The van der Waals surface area contributed by atoms with E-state index in [0.29, 0.717) is 11.1 Å². The van der Waals surface area contributed by atoms with E-state index in [-0.39, 0.29) is 60.2 Å². The monoisotopic (exact) mass is 1090 g/mol. The highest BCUT2D eigenvalue weighted by atomic mass is 32.5. The molecule has 0 radical (unpaired) electrons. The standard InChI is InChI=1S/C47H53FN13O13PS/c1-47(2,3)73-46(67)59(6)19-18-58(5)45(66)72-36-34(63)30(71-44(36)61-26-55-33-38(51-24-53-40(33)61)57-42(65)28-15-11-8-12-16-28)22-69-75(76,68-20-17-49-4)74-35-29(21-62)70-43(31(35)48)60-25-54-32-37(50-23-52-39(32)60)56-41(64)27-13-9-7-10-14-27/h7-16,23-26,29-31,34-36,43-44,62-63H,17-22H2,1-3,5-6H3,(H,50,52,56,64)(H,51,53,57,65)/t29-,30-,31-,34-,35-,36-,43-,44-,75?/m1/s1. The molecule has 2 fully saturated rings. The fourth-order valence-corrected chi connectivity index (χ4v) is 9.92. The molecule has 402 valence electrons. The van der Waals surface area contributed by atoms with E-state index in [4.69, 9.17) is 50.9 Å². The first-order valence-electron chi connectivity index (χ1n) is 23.5. The summed E-state index contributed by atoms with van der Waals surface area (Å²) in [6.07, 6.45) is -9.47. The highest BCUT2D eigenvalue weighted by Crippen LogP contribution is 2.55. The van der Waals surface area contributed by atoms with Crippen LogP contribution in [0.5, 0.6) is 0 Å². The molecule has 0 saturated carbocycles. The van der Waals surface area contributed by atoms with Crippen LogP contribution in [0.15, 0.2) is 86.0 Å². The average molecular weight is 1090 g/mol. The molecule has 2 aromatic carbocycles. The van der Waals surface area contributed by atoms with Crippen molar-refractivity contribution < 1.29 is 66.3 Å². The number of aliphatic hydroxyl groups excluding tert-OH is 2. The SMILES string of the molecule is [C-]#[N+]CCOP(=S)(OC[C@H]1O[C@@H](n2cnc3c(NC(=O)c4ccccc4)ncnc32)[C@H](OC(=O)N(C)CCN(C)C(=O)OC(C)(C)C)[C@@H]1O)O[C@H]1[C@@H](F)[C@H](n2cnc3c(NC(=O)c4ccccc4)ncnc32)O[C@@H]1CO. The van der Waals surface area contributed by atoms with Gasteiger partial charge in [0, 0.05) is 38.3 Å². The molecule has 29 heteroatoms. The number of aliphatic hydroxyl groups is 2. The molecule has 6 aromatic rings. The number of imidazole rings is 2. The molecular weight excluding hydrogens is 1040 g/mol. The number of fused-ring (bicyclic) bond motifs is 2. The third-order valence-electron chi connectivity index (χ3n) is 11.7. The molecule has 8 rings (SSSR count). The predicted octanol–water partition coefficient (Wildman–Crippen LogP) is 4.52. The van der Waals surface area contributed by atoms with Gasteiger partial charge in [-0.1, -0.05) is 36.4 Å². The maximum Gasteiger partial charge on any atom is 0.410 e. The molecule has 2 saturated heterocycles. The number of nitrogens with one attached hydrogen (secondary N) is 2. The number of likely N-dealkylation sites (N-methyl/N-ethyl adjacent to an activating group) is 2. The Bertz CT molecular complexity index is 3130. The molecule has 4 amide bonds. The van der Waals surface area contributed by atoms with E-state index in [9.17, 15) is 29.4 Å². The van der Waals surface area contributed by atoms with Crippen LogP contribution in [0.3, 0.4) is 0 Å². The number of amides is 4. The summed E-state index contributed by atoms with van der Waals surface area (Å²) in [7, 11) is 2.92. The molecule has 1 unspecified atom stereocenters. The second-order valence-corrected chi connectivity index (χ2v) is 21.1. The van der Waals surface area contributed by atoms with Gasteiger partial charge in [0.1, 0.15) is 49.3 Å². The summed E-state index contributed by atoms with van der Waals surface area (Å²) in [6, 6.07) is 16.7. The summed E-state index contributed by atoms with van der Waals surface area (Å²) < 4.78 is 61.3. The number of benzene rings is 2. The van der Waals surface area contributed by atoms with Crippen molar-refractivity contribution in [2.24, 2.45) is 0 Å². The molecule has 0 aliphatic carbocycles. The topological polar surface area (TPSA) is 295 Å². The van der Waals surface area contributed by atoms with Crippen LogP contribution >= 0.6 is 6.72 Å². The molecule has 26 nitrogen and oxygen atoms in total. The molecule has 6 heterocycles. The number of halogens is 1. The van der Waals surface area contributed by atoms with Gasteiger partial charge in [0.25, 0.3) is 11.8 Å². The third-order valence-corrected chi connectivity index (χ3v) is 14.0. The van der Waals surface area contributed by atoms with Crippen LogP contribution in [0, 0.1) is 6.57 Å². The largest absolute Gasteiger partial charge is 0.444 e. The van der Waals surface area contributed by atoms with Gasteiger partial charge in [-0.2, -0.15) is 0 Å². The second kappa shape index (κ2) is 23.8. The summed E-state index contributed by atoms with van der Waals surface area (Å²) in [5.74, 6) is -0.903. The Kier molecular flexibility index (Phi) is 17.2. The van der Waals surface area contributed by atoms with Crippen LogP contribution in [-0.2, 0) is 44.3 Å². The van der Waals surface area contributed by atoms with Crippen LogP contribution in [0.4, 0.5) is 25.6 Å². The third kappa shape index (κ3) is 12.6. The predicted molar refractivity (Wildman–Crippen MR) is 270 cm³/mol. The number of aromatic nitrogens is 8. The van der Waals surface area contributed by atoms with Crippen molar-refractivity contribution in [2.45, 2.75) is 75.5 Å². The molecule has 76 heavy (non-hydrogen) atoms. The minimum atomic E-state index is -4.21. The molecule has 4 aromatic heterocycles. The molecule has 2 aliphatic rings. The Morgan fingerprint density at radius 1 is 0.789 bits per heavy atom. The Balaban J connectivity index is 1.02. The van der Waals surface area contributed by atoms with Crippen LogP contribution in [0.1, 0.15) is 53.9 Å². The van der Waals surface area contributed by atoms with Crippen molar-refractivity contribution in [3.63, 3.8) is 0 Å². The lowest BCUT2D eigenvalue weighted by Crippen LogP contribution is -2.43. The number of alkyl halides is 1. The fourth-order valence-electron chi connectivity index (χ4n) is 7.83. The molecule has 4 N–H and O–H groups in total. The Hall–Kier alpha value is -7.19. The van der Waals surface area contributed by atoms with E-state index >= 15 is 4.39 Å². The maximum atomic E-state index is 16.9. The Morgan fingerprint density at radius 2 is 1.32 bits per heavy atom. The first-order chi connectivity index (χ1) is 36.4. The highest BCUT2D eigenvalue weighted by Gasteiger charge is 2.52. The zero-order valence-electron chi connectivity index (χ0n) is 41.5. The minimum absolute atomic E-state index is 0.0294. The van der Waals surface area contributed by atoms with Crippen molar-refractivity contribution in [1.82, 2.24) is 48.8 Å². The zero-order chi connectivity index (χ0) is 54.3. The van der Waals surface area contributed by atoms with E-state index in [0.717, 1.165) is 6.33 Å². The summed E-state index contributed by atoms with van der Waals surface area (Å²) in [6.45, 7) is 6.32. The van der Waals surface area contributed by atoms with Gasteiger partial charge >= 0.3 is 18.9 Å². The van der Waals surface area contributed by atoms with Crippen molar-refractivity contribution in [3.8, 4) is 0 Å². The van der Waals surface area contributed by atoms with Crippen molar-refractivity contribution in [3.05, 3.63) is 109 Å². The number of anilines is 2. The van der Waals surface area contributed by atoms with Gasteiger partial charge in [-0.15, -0.1) is 0 Å². The normalized spacial score (nSPS) is 22.1.